The van der Waals surface area contributed by atoms with Crippen LogP contribution >= 0.6 is 11.6 Å². The first-order valence-corrected chi connectivity index (χ1v) is 7.60. The summed E-state index contributed by atoms with van der Waals surface area (Å²) in [6, 6.07) is 7.62. The molecule has 6 heteroatoms. The smallest absolute Gasteiger partial charge is 0.186 e. The molecule has 1 aliphatic rings. The number of aromatic nitrogens is 4. The normalized spacial score (nSPS) is 16.0. The fraction of sp³-hybridized carbons (Fsp3) is 0.333. The maximum absolute atomic E-state index is 6.09. The SMILES string of the molecule is Nc1[nH]nc2c1c(C1CCCC1)nn2-c1cccc(Cl)c1. The van der Waals surface area contributed by atoms with Crippen LogP contribution in [-0.4, -0.2) is 20.0 Å². The van der Waals surface area contributed by atoms with Crippen molar-refractivity contribution in [2.75, 3.05) is 5.73 Å². The van der Waals surface area contributed by atoms with Gasteiger partial charge in [0.1, 0.15) is 5.82 Å². The number of anilines is 1. The molecule has 3 N–H and O–H groups in total. The molecule has 1 aromatic carbocycles. The van der Waals surface area contributed by atoms with Crippen molar-refractivity contribution in [2.45, 2.75) is 31.6 Å². The largest absolute Gasteiger partial charge is 0.383 e. The van der Waals surface area contributed by atoms with E-state index in [0.717, 1.165) is 22.4 Å². The highest BCUT2D eigenvalue weighted by molar-refractivity contribution is 6.30. The summed E-state index contributed by atoms with van der Waals surface area (Å²) in [5, 5.41) is 13.6. The zero-order valence-corrected chi connectivity index (χ0v) is 12.3. The molecule has 0 unspecified atom stereocenters. The molecule has 5 nitrogen and oxygen atoms in total. The molecule has 21 heavy (non-hydrogen) atoms. The van der Waals surface area contributed by atoms with Crippen LogP contribution in [0.4, 0.5) is 5.82 Å². The van der Waals surface area contributed by atoms with Gasteiger partial charge in [0.15, 0.2) is 5.65 Å². The van der Waals surface area contributed by atoms with E-state index in [0.29, 0.717) is 16.8 Å². The van der Waals surface area contributed by atoms with Gasteiger partial charge in [-0.05, 0) is 31.0 Å². The molecule has 1 saturated carbocycles. The summed E-state index contributed by atoms with van der Waals surface area (Å²) in [6.07, 6.45) is 4.86. The number of nitrogens with zero attached hydrogens (tertiary/aromatic N) is 3. The maximum Gasteiger partial charge on any atom is 0.186 e. The van der Waals surface area contributed by atoms with Gasteiger partial charge in [-0.1, -0.05) is 30.5 Å². The third kappa shape index (κ3) is 2.00. The van der Waals surface area contributed by atoms with Gasteiger partial charge >= 0.3 is 0 Å². The van der Waals surface area contributed by atoms with Gasteiger partial charge in [-0.15, -0.1) is 0 Å². The summed E-state index contributed by atoms with van der Waals surface area (Å²) in [6.45, 7) is 0. The molecule has 0 atom stereocenters. The van der Waals surface area contributed by atoms with Gasteiger partial charge in [0, 0.05) is 10.9 Å². The van der Waals surface area contributed by atoms with Gasteiger partial charge in [-0.3, -0.25) is 5.10 Å². The first kappa shape index (κ1) is 12.7. The molecule has 0 saturated heterocycles. The average molecular weight is 302 g/mol. The highest BCUT2D eigenvalue weighted by atomic mass is 35.5. The Balaban J connectivity index is 1.94. The lowest BCUT2D eigenvalue weighted by atomic mass is 10.0. The number of nitrogen functional groups attached to an aromatic ring is 1. The molecule has 1 fully saturated rings. The number of rotatable bonds is 2. The first-order valence-electron chi connectivity index (χ1n) is 7.22. The second-order valence-electron chi connectivity index (χ2n) is 5.59. The van der Waals surface area contributed by atoms with E-state index in [1.165, 1.54) is 25.7 Å². The van der Waals surface area contributed by atoms with Crippen molar-refractivity contribution >= 4 is 28.5 Å². The Morgan fingerprint density at radius 2 is 2.10 bits per heavy atom. The standard InChI is InChI=1S/C15H16ClN5/c16-10-6-3-7-11(8-10)21-15-12(14(17)18-19-15)13(20-21)9-4-1-2-5-9/h3,6-9H,1-2,4-5H2,(H3,17,18,19). The first-order chi connectivity index (χ1) is 10.2. The summed E-state index contributed by atoms with van der Waals surface area (Å²) < 4.78 is 1.84. The molecule has 3 aromatic rings. The molecule has 2 aromatic heterocycles. The number of nitrogens with one attached hydrogen (secondary N) is 1. The molecule has 0 aliphatic heterocycles. The minimum absolute atomic E-state index is 0.479. The van der Waals surface area contributed by atoms with E-state index in [1.807, 2.05) is 28.9 Å². The van der Waals surface area contributed by atoms with E-state index in [9.17, 15) is 0 Å². The van der Waals surface area contributed by atoms with Crippen LogP contribution in [-0.2, 0) is 0 Å². The van der Waals surface area contributed by atoms with E-state index in [-0.39, 0.29) is 0 Å². The van der Waals surface area contributed by atoms with Gasteiger partial charge < -0.3 is 5.73 Å². The number of halogens is 1. The monoisotopic (exact) mass is 301 g/mol. The Bertz CT molecular complexity index is 798. The minimum atomic E-state index is 0.479. The van der Waals surface area contributed by atoms with Crippen LogP contribution in [0.25, 0.3) is 16.7 Å². The number of hydrogen-bond acceptors (Lipinski definition) is 3. The van der Waals surface area contributed by atoms with E-state index in [2.05, 4.69) is 10.2 Å². The molecule has 0 radical (unpaired) electrons. The van der Waals surface area contributed by atoms with Crippen molar-refractivity contribution in [3.05, 3.63) is 35.0 Å². The number of H-pyrrole nitrogens is 1. The van der Waals surface area contributed by atoms with Crippen molar-refractivity contribution in [3.8, 4) is 5.69 Å². The number of nitrogens with two attached hydrogens (primary N) is 1. The van der Waals surface area contributed by atoms with Crippen molar-refractivity contribution < 1.29 is 0 Å². The van der Waals surface area contributed by atoms with Crippen molar-refractivity contribution in [3.63, 3.8) is 0 Å². The van der Waals surface area contributed by atoms with Crippen LogP contribution in [0.15, 0.2) is 24.3 Å². The highest BCUT2D eigenvalue weighted by Crippen LogP contribution is 2.38. The molecule has 0 bridgehead atoms. The predicted octanol–water partition coefficient (Wildman–Crippen LogP) is 3.64. The van der Waals surface area contributed by atoms with Crippen molar-refractivity contribution in [2.24, 2.45) is 0 Å². The Kier molecular flexibility index (Phi) is 2.89. The molecule has 2 heterocycles. The number of aromatic amines is 1. The second kappa shape index (κ2) is 4.77. The van der Waals surface area contributed by atoms with Crippen molar-refractivity contribution in [1.82, 2.24) is 20.0 Å². The van der Waals surface area contributed by atoms with Crippen molar-refractivity contribution in [1.29, 1.82) is 0 Å². The Hall–Kier alpha value is -2.01. The number of benzene rings is 1. The number of fused-ring (bicyclic) bond motifs is 1. The highest BCUT2D eigenvalue weighted by Gasteiger charge is 2.26. The van der Waals surface area contributed by atoms with Gasteiger partial charge in [0.05, 0.1) is 16.8 Å². The lowest BCUT2D eigenvalue weighted by molar-refractivity contribution is 0.682. The third-order valence-electron chi connectivity index (χ3n) is 4.23. The Labute approximate surface area is 127 Å². The molecule has 0 amide bonds. The predicted molar refractivity (Wildman–Crippen MR) is 83.8 cm³/mol. The van der Waals surface area contributed by atoms with Crippen LogP contribution in [0.5, 0.6) is 0 Å². The van der Waals surface area contributed by atoms with Gasteiger partial charge in [0.2, 0.25) is 0 Å². The van der Waals surface area contributed by atoms with Gasteiger partial charge in [0.25, 0.3) is 0 Å². The molecule has 1 aliphatic carbocycles. The van der Waals surface area contributed by atoms with Crippen LogP contribution in [0.3, 0.4) is 0 Å². The van der Waals surface area contributed by atoms with Crippen LogP contribution in [0, 0.1) is 0 Å². The minimum Gasteiger partial charge on any atom is -0.383 e. The zero-order valence-electron chi connectivity index (χ0n) is 11.5. The summed E-state index contributed by atoms with van der Waals surface area (Å²) in [7, 11) is 0. The van der Waals surface area contributed by atoms with E-state index in [1.54, 1.807) is 0 Å². The summed E-state index contributed by atoms with van der Waals surface area (Å²) >= 11 is 6.09. The molecular weight excluding hydrogens is 286 g/mol. The molecule has 108 valence electrons. The second-order valence-corrected chi connectivity index (χ2v) is 6.03. The third-order valence-corrected chi connectivity index (χ3v) is 4.47. The van der Waals surface area contributed by atoms with E-state index in [4.69, 9.17) is 22.4 Å². The summed E-state index contributed by atoms with van der Waals surface area (Å²) in [4.78, 5) is 0. The molecular formula is C15H16ClN5. The fourth-order valence-electron chi connectivity index (χ4n) is 3.23. The molecule has 0 spiro atoms. The quantitative estimate of drug-likeness (QED) is 0.759. The zero-order chi connectivity index (χ0) is 14.4. The van der Waals surface area contributed by atoms with Crippen LogP contribution in [0.1, 0.15) is 37.3 Å². The lowest BCUT2D eigenvalue weighted by Crippen LogP contribution is -2.01. The Morgan fingerprint density at radius 1 is 1.29 bits per heavy atom. The van der Waals surface area contributed by atoms with Crippen LogP contribution < -0.4 is 5.73 Å². The average Bonchev–Trinajstić information content (AvgIpc) is 3.17. The van der Waals surface area contributed by atoms with Gasteiger partial charge in [-0.2, -0.15) is 10.2 Å². The lowest BCUT2D eigenvalue weighted by Gasteiger charge is -2.06. The number of hydrogen-bond donors (Lipinski definition) is 2. The van der Waals surface area contributed by atoms with Gasteiger partial charge in [-0.25, -0.2) is 4.68 Å². The maximum atomic E-state index is 6.09. The molecule has 4 rings (SSSR count). The van der Waals surface area contributed by atoms with E-state index >= 15 is 0 Å². The summed E-state index contributed by atoms with van der Waals surface area (Å²) in [5.41, 5.74) is 8.81. The topological polar surface area (TPSA) is 72.5 Å². The van der Waals surface area contributed by atoms with E-state index < -0.39 is 0 Å². The Morgan fingerprint density at radius 3 is 2.86 bits per heavy atom. The summed E-state index contributed by atoms with van der Waals surface area (Å²) in [5.74, 6) is 1.08. The van der Waals surface area contributed by atoms with Crippen LogP contribution in [0.2, 0.25) is 5.02 Å². The fourth-order valence-corrected chi connectivity index (χ4v) is 3.41.